The lowest BCUT2D eigenvalue weighted by atomic mass is 10.2. The van der Waals surface area contributed by atoms with Crippen LogP contribution < -0.4 is 4.74 Å². The van der Waals surface area contributed by atoms with Gasteiger partial charge in [-0.3, -0.25) is 9.78 Å². The van der Waals surface area contributed by atoms with Crippen molar-refractivity contribution in [3.05, 3.63) is 41.2 Å². The standard InChI is InChI=1S/C16H14ClN3O3/c1-20(2)16(21)11-5-4-9(15(19-11)22-3)13-8-12-14(23-13)10(17)6-7-18-12/h4-8H,1-3H3. The van der Waals surface area contributed by atoms with Crippen molar-refractivity contribution in [1.82, 2.24) is 14.9 Å². The SMILES string of the molecule is COc1nc(C(=O)N(C)C)ccc1-c1cc2nccc(Cl)c2o1. The minimum atomic E-state index is -0.204. The third-order valence-electron chi connectivity index (χ3n) is 3.31. The molecule has 118 valence electrons. The molecule has 3 rings (SSSR count). The predicted octanol–water partition coefficient (Wildman–Crippen LogP) is 3.25. The van der Waals surface area contributed by atoms with Crippen molar-refractivity contribution < 1.29 is 13.9 Å². The molecule has 0 saturated heterocycles. The maximum absolute atomic E-state index is 12.0. The second-order valence-corrected chi connectivity index (χ2v) is 5.48. The van der Waals surface area contributed by atoms with Crippen LogP contribution in [0.15, 0.2) is 34.9 Å². The van der Waals surface area contributed by atoms with E-state index in [0.717, 1.165) is 0 Å². The quantitative estimate of drug-likeness (QED) is 0.737. The van der Waals surface area contributed by atoms with Gasteiger partial charge in [0.25, 0.3) is 5.91 Å². The van der Waals surface area contributed by atoms with E-state index in [1.165, 1.54) is 12.0 Å². The Balaban J connectivity index is 2.11. The van der Waals surface area contributed by atoms with Gasteiger partial charge in [0, 0.05) is 26.4 Å². The summed E-state index contributed by atoms with van der Waals surface area (Å²) in [6.07, 6.45) is 1.61. The molecule has 0 aliphatic heterocycles. The van der Waals surface area contributed by atoms with Gasteiger partial charge in [0.1, 0.15) is 17.0 Å². The van der Waals surface area contributed by atoms with E-state index in [9.17, 15) is 4.79 Å². The van der Waals surface area contributed by atoms with Crippen LogP contribution in [0.3, 0.4) is 0 Å². The summed E-state index contributed by atoms with van der Waals surface area (Å²) in [6, 6.07) is 6.77. The monoisotopic (exact) mass is 331 g/mol. The number of carbonyl (C=O) groups is 1. The van der Waals surface area contributed by atoms with Crippen molar-refractivity contribution in [2.24, 2.45) is 0 Å². The van der Waals surface area contributed by atoms with E-state index in [2.05, 4.69) is 9.97 Å². The summed E-state index contributed by atoms with van der Waals surface area (Å²) in [5.74, 6) is 0.617. The molecule has 0 atom stereocenters. The maximum atomic E-state index is 12.0. The number of methoxy groups -OCH3 is 1. The normalized spacial score (nSPS) is 10.8. The predicted molar refractivity (Wildman–Crippen MR) is 86.8 cm³/mol. The smallest absolute Gasteiger partial charge is 0.272 e. The molecule has 0 N–H and O–H groups in total. The van der Waals surface area contributed by atoms with Crippen molar-refractivity contribution >= 4 is 28.6 Å². The van der Waals surface area contributed by atoms with Crippen LogP contribution in [0.4, 0.5) is 0 Å². The number of amides is 1. The van der Waals surface area contributed by atoms with Crippen molar-refractivity contribution in [2.75, 3.05) is 21.2 Å². The number of ether oxygens (including phenoxy) is 1. The average Bonchev–Trinajstić information content (AvgIpc) is 2.98. The third-order valence-corrected chi connectivity index (χ3v) is 3.61. The summed E-state index contributed by atoms with van der Waals surface area (Å²) >= 11 is 6.10. The summed E-state index contributed by atoms with van der Waals surface area (Å²) < 4.78 is 11.1. The van der Waals surface area contributed by atoms with Gasteiger partial charge in [-0.1, -0.05) is 11.6 Å². The Morgan fingerprint density at radius 1 is 1.30 bits per heavy atom. The van der Waals surface area contributed by atoms with Crippen LogP contribution in [0.25, 0.3) is 22.4 Å². The number of nitrogens with zero attached hydrogens (tertiary/aromatic N) is 3. The zero-order valence-corrected chi connectivity index (χ0v) is 13.6. The Labute approximate surface area is 137 Å². The Kier molecular flexibility index (Phi) is 3.92. The van der Waals surface area contributed by atoms with Crippen LogP contribution in [0.2, 0.25) is 5.02 Å². The van der Waals surface area contributed by atoms with E-state index >= 15 is 0 Å². The number of pyridine rings is 2. The Bertz CT molecular complexity index is 889. The Morgan fingerprint density at radius 2 is 2.09 bits per heavy atom. The molecule has 0 aromatic carbocycles. The molecule has 7 heteroatoms. The van der Waals surface area contributed by atoms with Crippen LogP contribution in [0.1, 0.15) is 10.5 Å². The van der Waals surface area contributed by atoms with Crippen LogP contribution in [0, 0.1) is 0 Å². The van der Waals surface area contributed by atoms with Gasteiger partial charge in [-0.05, 0) is 18.2 Å². The second kappa shape index (κ2) is 5.89. The Hall–Kier alpha value is -2.60. The highest BCUT2D eigenvalue weighted by Crippen LogP contribution is 2.34. The Morgan fingerprint density at radius 3 is 2.74 bits per heavy atom. The molecule has 0 spiro atoms. The third kappa shape index (κ3) is 2.73. The van der Waals surface area contributed by atoms with Crippen molar-refractivity contribution in [3.63, 3.8) is 0 Å². The summed E-state index contributed by atoms with van der Waals surface area (Å²) in [5.41, 5.74) is 2.06. The van der Waals surface area contributed by atoms with E-state index in [1.54, 1.807) is 44.6 Å². The molecule has 0 unspecified atom stereocenters. The lowest BCUT2D eigenvalue weighted by Crippen LogP contribution is -2.22. The summed E-state index contributed by atoms with van der Waals surface area (Å²) in [7, 11) is 4.82. The number of aromatic nitrogens is 2. The van der Waals surface area contributed by atoms with Crippen LogP contribution >= 0.6 is 11.6 Å². The first-order valence-corrected chi connectivity index (χ1v) is 7.20. The minimum Gasteiger partial charge on any atom is -0.480 e. The van der Waals surface area contributed by atoms with Crippen LogP contribution in [-0.2, 0) is 0 Å². The number of hydrogen-bond acceptors (Lipinski definition) is 5. The number of hydrogen-bond donors (Lipinski definition) is 0. The largest absolute Gasteiger partial charge is 0.480 e. The zero-order chi connectivity index (χ0) is 16.6. The van der Waals surface area contributed by atoms with E-state index in [4.69, 9.17) is 20.8 Å². The molecular formula is C16H14ClN3O3. The van der Waals surface area contributed by atoms with Crippen molar-refractivity contribution in [1.29, 1.82) is 0 Å². The molecular weight excluding hydrogens is 318 g/mol. The van der Waals surface area contributed by atoms with Gasteiger partial charge < -0.3 is 14.1 Å². The first kappa shape index (κ1) is 15.3. The number of carbonyl (C=O) groups excluding carboxylic acids is 1. The summed E-state index contributed by atoms with van der Waals surface area (Å²) in [4.78, 5) is 21.9. The molecule has 0 radical (unpaired) electrons. The lowest BCUT2D eigenvalue weighted by molar-refractivity contribution is 0.0821. The molecule has 0 aliphatic rings. The van der Waals surface area contributed by atoms with E-state index in [-0.39, 0.29) is 5.91 Å². The van der Waals surface area contributed by atoms with Gasteiger partial charge in [-0.15, -0.1) is 0 Å². The average molecular weight is 332 g/mol. The fraction of sp³-hybridized carbons (Fsp3) is 0.188. The van der Waals surface area contributed by atoms with Gasteiger partial charge in [0.2, 0.25) is 5.88 Å². The van der Waals surface area contributed by atoms with Crippen LogP contribution in [0.5, 0.6) is 5.88 Å². The topological polar surface area (TPSA) is 68.5 Å². The molecule has 0 saturated carbocycles. The second-order valence-electron chi connectivity index (χ2n) is 5.07. The molecule has 1 amide bonds. The highest BCUT2D eigenvalue weighted by atomic mass is 35.5. The summed E-state index contributed by atoms with van der Waals surface area (Å²) in [6.45, 7) is 0. The fourth-order valence-electron chi connectivity index (χ4n) is 2.17. The first-order valence-electron chi connectivity index (χ1n) is 6.82. The van der Waals surface area contributed by atoms with Gasteiger partial charge >= 0.3 is 0 Å². The van der Waals surface area contributed by atoms with Gasteiger partial charge in [-0.25, -0.2) is 4.98 Å². The molecule has 3 heterocycles. The van der Waals surface area contributed by atoms with Gasteiger partial charge in [0.05, 0.1) is 17.7 Å². The first-order chi connectivity index (χ1) is 11.0. The van der Waals surface area contributed by atoms with E-state index < -0.39 is 0 Å². The molecule has 0 fully saturated rings. The minimum absolute atomic E-state index is 0.204. The molecule has 3 aromatic heterocycles. The number of furan rings is 1. The number of rotatable bonds is 3. The maximum Gasteiger partial charge on any atom is 0.272 e. The fourth-order valence-corrected chi connectivity index (χ4v) is 2.36. The number of halogens is 1. The highest BCUT2D eigenvalue weighted by molar-refractivity contribution is 6.34. The van der Waals surface area contributed by atoms with E-state index in [1.807, 2.05) is 0 Å². The zero-order valence-electron chi connectivity index (χ0n) is 12.8. The van der Waals surface area contributed by atoms with Crippen LogP contribution in [-0.4, -0.2) is 42.0 Å². The lowest BCUT2D eigenvalue weighted by Gasteiger charge is -2.11. The van der Waals surface area contributed by atoms with Gasteiger partial charge in [0.15, 0.2) is 5.58 Å². The van der Waals surface area contributed by atoms with Gasteiger partial charge in [-0.2, -0.15) is 0 Å². The summed E-state index contributed by atoms with van der Waals surface area (Å²) in [5, 5.41) is 0.479. The molecule has 0 bridgehead atoms. The van der Waals surface area contributed by atoms with Crippen molar-refractivity contribution in [2.45, 2.75) is 0 Å². The highest BCUT2D eigenvalue weighted by Gasteiger charge is 2.18. The molecule has 0 aliphatic carbocycles. The molecule has 23 heavy (non-hydrogen) atoms. The number of fused-ring (bicyclic) bond motifs is 1. The van der Waals surface area contributed by atoms with E-state index in [0.29, 0.717) is 39.0 Å². The molecule has 6 nitrogen and oxygen atoms in total. The molecule has 3 aromatic rings. The van der Waals surface area contributed by atoms with Crippen molar-refractivity contribution in [3.8, 4) is 17.2 Å².